The number of carbonyl (C=O) groups excluding carboxylic acids is 1. The molecular weight excluding hydrogens is 206 g/mol. The molecule has 0 rings (SSSR count). The van der Waals surface area contributed by atoms with Gasteiger partial charge >= 0.3 is 6.09 Å². The molecule has 0 aromatic rings. The normalized spacial score (nSPS) is 12.4. The summed E-state index contributed by atoms with van der Waals surface area (Å²) in [7, 11) is 0. The van der Waals surface area contributed by atoms with Gasteiger partial charge in [-0.25, -0.2) is 4.79 Å². The van der Waals surface area contributed by atoms with E-state index >= 15 is 0 Å². The zero-order chi connectivity index (χ0) is 12.8. The van der Waals surface area contributed by atoms with Crippen LogP contribution in [0.2, 0.25) is 0 Å². The molecule has 2 N–H and O–H groups in total. The van der Waals surface area contributed by atoms with Crippen molar-refractivity contribution < 1.29 is 14.6 Å². The van der Waals surface area contributed by atoms with E-state index in [4.69, 9.17) is 4.74 Å². The van der Waals surface area contributed by atoms with Crippen LogP contribution in [0.1, 0.15) is 47.5 Å². The molecule has 16 heavy (non-hydrogen) atoms. The van der Waals surface area contributed by atoms with Crippen molar-refractivity contribution in [2.45, 2.75) is 53.1 Å². The third-order valence-electron chi connectivity index (χ3n) is 2.84. The van der Waals surface area contributed by atoms with Gasteiger partial charge in [0.1, 0.15) is 5.60 Å². The maximum Gasteiger partial charge on any atom is 0.407 e. The maximum atomic E-state index is 11.4. The number of hydrogen-bond acceptors (Lipinski definition) is 3. The van der Waals surface area contributed by atoms with Crippen LogP contribution < -0.4 is 5.32 Å². The van der Waals surface area contributed by atoms with E-state index < -0.39 is 11.7 Å². The molecule has 0 aliphatic heterocycles. The lowest BCUT2D eigenvalue weighted by Gasteiger charge is -2.30. The largest absolute Gasteiger partial charge is 0.444 e. The van der Waals surface area contributed by atoms with Crippen molar-refractivity contribution in [3.05, 3.63) is 0 Å². The summed E-state index contributed by atoms with van der Waals surface area (Å²) in [6, 6.07) is 0. The molecule has 0 aliphatic carbocycles. The van der Waals surface area contributed by atoms with Crippen molar-refractivity contribution in [3.63, 3.8) is 0 Å². The summed E-state index contributed by atoms with van der Waals surface area (Å²) < 4.78 is 5.13. The van der Waals surface area contributed by atoms with E-state index in [0.717, 1.165) is 12.8 Å². The fourth-order valence-corrected chi connectivity index (χ4v) is 1.35. The summed E-state index contributed by atoms with van der Waals surface area (Å²) in [5, 5.41) is 12.0. The SMILES string of the molecule is CCC(CC)(CO)CNC(=O)OC(C)(C)C. The quantitative estimate of drug-likeness (QED) is 0.763. The molecule has 0 saturated carbocycles. The Morgan fingerprint density at radius 2 is 1.75 bits per heavy atom. The molecule has 0 spiro atoms. The first-order valence-corrected chi connectivity index (χ1v) is 5.86. The Labute approximate surface area is 98.4 Å². The van der Waals surface area contributed by atoms with Gasteiger partial charge in [0.15, 0.2) is 0 Å². The lowest BCUT2D eigenvalue weighted by atomic mass is 9.83. The third kappa shape index (κ3) is 5.35. The topological polar surface area (TPSA) is 58.6 Å². The van der Waals surface area contributed by atoms with Crippen molar-refractivity contribution in [2.24, 2.45) is 5.41 Å². The lowest BCUT2D eigenvalue weighted by Crippen LogP contribution is -2.41. The molecular formula is C12H25NO3. The van der Waals surface area contributed by atoms with Crippen molar-refractivity contribution >= 4 is 6.09 Å². The molecule has 0 aromatic carbocycles. The minimum atomic E-state index is -0.482. The first kappa shape index (κ1) is 15.2. The minimum Gasteiger partial charge on any atom is -0.444 e. The Kier molecular flexibility index (Phi) is 5.79. The fourth-order valence-electron chi connectivity index (χ4n) is 1.35. The maximum absolute atomic E-state index is 11.4. The van der Waals surface area contributed by atoms with Gasteiger partial charge in [-0.05, 0) is 33.6 Å². The predicted octanol–water partition coefficient (Wildman–Crippen LogP) is 2.31. The molecule has 4 heteroatoms. The standard InChI is InChI=1S/C12H25NO3/c1-6-12(7-2,9-14)8-13-10(15)16-11(3,4)5/h14H,6-9H2,1-5H3,(H,13,15). The van der Waals surface area contributed by atoms with Crippen molar-refractivity contribution in [1.29, 1.82) is 0 Å². The number of hydrogen-bond donors (Lipinski definition) is 2. The number of amides is 1. The monoisotopic (exact) mass is 231 g/mol. The highest BCUT2D eigenvalue weighted by Crippen LogP contribution is 2.24. The summed E-state index contributed by atoms with van der Waals surface area (Å²) in [4.78, 5) is 11.4. The predicted molar refractivity (Wildman–Crippen MR) is 64.3 cm³/mol. The molecule has 1 amide bonds. The van der Waals surface area contributed by atoms with Crippen molar-refractivity contribution in [2.75, 3.05) is 13.2 Å². The molecule has 0 unspecified atom stereocenters. The number of carbonyl (C=O) groups is 1. The van der Waals surface area contributed by atoms with E-state index in [2.05, 4.69) is 5.32 Å². The van der Waals surface area contributed by atoms with E-state index in [1.165, 1.54) is 0 Å². The van der Waals surface area contributed by atoms with Gasteiger partial charge in [0.25, 0.3) is 0 Å². The molecule has 0 radical (unpaired) electrons. The Balaban J connectivity index is 4.17. The van der Waals surface area contributed by atoms with E-state index in [9.17, 15) is 9.90 Å². The summed E-state index contributed by atoms with van der Waals surface area (Å²) in [5.74, 6) is 0. The first-order valence-electron chi connectivity index (χ1n) is 5.86. The second-order valence-corrected chi connectivity index (χ2v) is 5.22. The molecule has 0 saturated heterocycles. The number of ether oxygens (including phenoxy) is 1. The number of alkyl carbamates (subject to hydrolysis) is 1. The van der Waals surface area contributed by atoms with Crippen molar-refractivity contribution in [1.82, 2.24) is 5.32 Å². The van der Waals surface area contributed by atoms with Crippen LogP contribution in [0.4, 0.5) is 4.79 Å². The van der Waals surface area contributed by atoms with Crippen molar-refractivity contribution in [3.8, 4) is 0 Å². The zero-order valence-electron chi connectivity index (χ0n) is 11.1. The van der Waals surface area contributed by atoms with Crippen LogP contribution >= 0.6 is 0 Å². The van der Waals surface area contributed by atoms with Gasteiger partial charge in [-0.15, -0.1) is 0 Å². The molecule has 0 heterocycles. The number of aliphatic hydroxyl groups is 1. The Morgan fingerprint density at radius 3 is 2.06 bits per heavy atom. The lowest BCUT2D eigenvalue weighted by molar-refractivity contribution is 0.0457. The van der Waals surface area contributed by atoms with Gasteiger partial charge in [0.2, 0.25) is 0 Å². The van der Waals surface area contributed by atoms with Crippen LogP contribution in [0.5, 0.6) is 0 Å². The Hall–Kier alpha value is -0.770. The van der Waals surface area contributed by atoms with E-state index in [1.807, 2.05) is 34.6 Å². The van der Waals surface area contributed by atoms with Crippen LogP contribution in [0.15, 0.2) is 0 Å². The van der Waals surface area contributed by atoms with E-state index in [0.29, 0.717) is 6.54 Å². The minimum absolute atomic E-state index is 0.0792. The van der Waals surface area contributed by atoms with Crippen LogP contribution in [0.25, 0.3) is 0 Å². The fraction of sp³-hybridized carbons (Fsp3) is 0.917. The van der Waals surface area contributed by atoms with Gasteiger partial charge in [-0.2, -0.15) is 0 Å². The summed E-state index contributed by atoms with van der Waals surface area (Å²) in [6.07, 6.45) is 1.23. The smallest absolute Gasteiger partial charge is 0.407 e. The van der Waals surface area contributed by atoms with Gasteiger partial charge in [0, 0.05) is 12.0 Å². The Morgan fingerprint density at radius 1 is 1.25 bits per heavy atom. The van der Waals surface area contributed by atoms with E-state index in [1.54, 1.807) is 0 Å². The van der Waals surface area contributed by atoms with E-state index in [-0.39, 0.29) is 12.0 Å². The van der Waals surface area contributed by atoms with Gasteiger partial charge in [-0.1, -0.05) is 13.8 Å². The number of rotatable bonds is 5. The molecule has 0 bridgehead atoms. The summed E-state index contributed by atoms with van der Waals surface area (Å²) in [6.45, 7) is 10.0. The number of nitrogens with one attached hydrogen (secondary N) is 1. The molecule has 0 atom stereocenters. The van der Waals surface area contributed by atoms with Gasteiger partial charge < -0.3 is 15.2 Å². The van der Waals surface area contributed by atoms with Crippen LogP contribution in [0, 0.1) is 5.41 Å². The molecule has 0 fully saturated rings. The van der Waals surface area contributed by atoms with Gasteiger partial charge in [0.05, 0.1) is 6.61 Å². The third-order valence-corrected chi connectivity index (χ3v) is 2.84. The van der Waals surface area contributed by atoms with Crippen LogP contribution in [-0.2, 0) is 4.74 Å². The first-order chi connectivity index (χ1) is 7.28. The second kappa shape index (κ2) is 6.09. The average Bonchev–Trinajstić information content (AvgIpc) is 2.18. The summed E-state index contributed by atoms with van der Waals surface area (Å²) >= 11 is 0. The second-order valence-electron chi connectivity index (χ2n) is 5.22. The molecule has 0 aliphatic rings. The summed E-state index contributed by atoms with van der Waals surface area (Å²) in [5.41, 5.74) is -0.707. The average molecular weight is 231 g/mol. The highest BCUT2D eigenvalue weighted by Gasteiger charge is 2.26. The van der Waals surface area contributed by atoms with Gasteiger partial charge in [-0.3, -0.25) is 0 Å². The van der Waals surface area contributed by atoms with Crippen LogP contribution in [0.3, 0.4) is 0 Å². The molecule has 96 valence electrons. The Bertz CT molecular complexity index is 209. The highest BCUT2D eigenvalue weighted by atomic mass is 16.6. The number of aliphatic hydroxyl groups excluding tert-OH is 1. The zero-order valence-corrected chi connectivity index (χ0v) is 11.1. The van der Waals surface area contributed by atoms with Crippen LogP contribution in [-0.4, -0.2) is 30.0 Å². The highest BCUT2D eigenvalue weighted by molar-refractivity contribution is 5.67. The molecule has 0 aromatic heterocycles. The molecule has 4 nitrogen and oxygen atoms in total.